The number of thioether (sulfide) groups is 1. The van der Waals surface area contributed by atoms with Crippen LogP contribution in [0, 0.1) is 20.2 Å². The van der Waals surface area contributed by atoms with Crippen molar-refractivity contribution in [3.63, 3.8) is 0 Å². The molecule has 138 valence electrons. The quantitative estimate of drug-likeness (QED) is 0.591. The lowest BCUT2D eigenvalue weighted by Crippen LogP contribution is -2.32. The topological polar surface area (TPSA) is 144 Å². The van der Waals surface area contributed by atoms with E-state index in [9.17, 15) is 29.8 Å². The average Bonchev–Trinajstić information content (AvgIpc) is 2.62. The highest BCUT2D eigenvalue weighted by Gasteiger charge is 2.29. The molecule has 0 saturated heterocycles. The lowest BCUT2D eigenvalue weighted by molar-refractivity contribution is -0.393. The van der Waals surface area contributed by atoms with Gasteiger partial charge in [0.1, 0.15) is 5.69 Å². The molecule has 2 aromatic carbocycles. The highest BCUT2D eigenvalue weighted by molar-refractivity contribution is 8.01. The molecule has 0 aliphatic carbocycles. The molecule has 0 radical (unpaired) electrons. The van der Waals surface area contributed by atoms with Gasteiger partial charge in [-0.05, 0) is 18.2 Å². The fourth-order valence-corrected chi connectivity index (χ4v) is 3.60. The summed E-state index contributed by atoms with van der Waals surface area (Å²) in [5, 5.41) is 26.2. The number of amides is 2. The number of carbonyl (C=O) groups excluding carboxylic acids is 2. The van der Waals surface area contributed by atoms with Crippen molar-refractivity contribution in [2.24, 2.45) is 0 Å². The predicted octanol–water partition coefficient (Wildman–Crippen LogP) is 2.94. The number of hydrogen-bond donors (Lipinski definition) is 2. The molecule has 0 unspecified atom stereocenters. The number of non-ortho nitro benzene ring substituents is 1. The van der Waals surface area contributed by atoms with E-state index in [2.05, 4.69) is 10.6 Å². The molecule has 10 nitrogen and oxygen atoms in total. The first-order valence-electron chi connectivity index (χ1n) is 7.64. The van der Waals surface area contributed by atoms with Gasteiger partial charge in [-0.1, -0.05) is 12.1 Å². The summed E-state index contributed by atoms with van der Waals surface area (Å²) < 4.78 is 0. The van der Waals surface area contributed by atoms with E-state index in [1.165, 1.54) is 11.8 Å². The highest BCUT2D eigenvalue weighted by Crippen LogP contribution is 2.37. The minimum atomic E-state index is -0.819. The first kappa shape index (κ1) is 18.3. The van der Waals surface area contributed by atoms with Gasteiger partial charge in [-0.3, -0.25) is 29.8 Å². The Kier molecular flexibility index (Phi) is 5.03. The van der Waals surface area contributed by atoms with Crippen LogP contribution >= 0.6 is 11.8 Å². The zero-order chi connectivity index (χ0) is 19.6. The number of nitro benzene ring substituents is 2. The van der Waals surface area contributed by atoms with Crippen LogP contribution in [0.1, 0.15) is 6.42 Å². The number of hydrogen-bond acceptors (Lipinski definition) is 7. The van der Waals surface area contributed by atoms with Crippen LogP contribution in [0.4, 0.5) is 22.7 Å². The molecule has 1 aliphatic heterocycles. The maximum absolute atomic E-state index is 12.3. The van der Waals surface area contributed by atoms with E-state index in [-0.39, 0.29) is 18.0 Å². The molecule has 27 heavy (non-hydrogen) atoms. The van der Waals surface area contributed by atoms with E-state index in [0.717, 1.165) is 23.1 Å². The Morgan fingerprint density at radius 3 is 2.59 bits per heavy atom. The summed E-state index contributed by atoms with van der Waals surface area (Å²) in [6.07, 6.45) is -0.209. The van der Waals surface area contributed by atoms with E-state index in [4.69, 9.17) is 0 Å². The smallest absolute Gasteiger partial charge is 0.299 e. The van der Waals surface area contributed by atoms with E-state index < -0.39 is 32.4 Å². The first-order valence-corrected chi connectivity index (χ1v) is 8.52. The van der Waals surface area contributed by atoms with Gasteiger partial charge >= 0.3 is 0 Å². The SMILES string of the molecule is O=C(C[C@H]1Sc2ccccc2NC1=O)Nc1ccc([N+](=O)[O-])cc1[N+](=O)[O-]. The van der Waals surface area contributed by atoms with Crippen LogP contribution in [-0.4, -0.2) is 26.9 Å². The van der Waals surface area contributed by atoms with Gasteiger partial charge in [-0.25, -0.2) is 0 Å². The second kappa shape index (κ2) is 7.41. The predicted molar refractivity (Wildman–Crippen MR) is 97.7 cm³/mol. The number of carbonyl (C=O) groups is 2. The van der Waals surface area contributed by atoms with E-state index in [0.29, 0.717) is 5.69 Å². The van der Waals surface area contributed by atoms with E-state index in [1.807, 2.05) is 6.07 Å². The Bertz CT molecular complexity index is 964. The van der Waals surface area contributed by atoms with Crippen LogP contribution in [0.5, 0.6) is 0 Å². The standard InChI is InChI=1S/C16H12N4O6S/c21-15(8-14-16(22)18-11-3-1-2-4-13(11)27-14)17-10-6-5-9(19(23)24)7-12(10)20(25)26/h1-7,14H,8H2,(H,17,21)(H,18,22)/t14-/m1/s1. The molecule has 0 saturated carbocycles. The van der Waals surface area contributed by atoms with Gasteiger partial charge in [-0.2, -0.15) is 0 Å². The van der Waals surface area contributed by atoms with Crippen molar-refractivity contribution in [3.8, 4) is 0 Å². The Balaban J connectivity index is 1.74. The summed E-state index contributed by atoms with van der Waals surface area (Å²) in [5.41, 5.74) is -0.561. The third kappa shape index (κ3) is 4.03. The summed E-state index contributed by atoms with van der Waals surface area (Å²) in [4.78, 5) is 45.5. The van der Waals surface area contributed by atoms with Crippen molar-refractivity contribution < 1.29 is 19.4 Å². The zero-order valence-corrected chi connectivity index (χ0v) is 14.4. The van der Waals surface area contributed by atoms with Crippen molar-refractivity contribution in [1.29, 1.82) is 0 Å². The van der Waals surface area contributed by atoms with Crippen LogP contribution in [0.3, 0.4) is 0 Å². The number of anilines is 2. The molecule has 0 spiro atoms. The van der Waals surface area contributed by atoms with Crippen LogP contribution in [0.2, 0.25) is 0 Å². The van der Waals surface area contributed by atoms with Crippen LogP contribution in [0.15, 0.2) is 47.4 Å². The molecule has 0 bridgehead atoms. The fourth-order valence-electron chi connectivity index (χ4n) is 2.49. The van der Waals surface area contributed by atoms with Crippen LogP contribution < -0.4 is 10.6 Å². The Hall–Kier alpha value is -3.47. The van der Waals surface area contributed by atoms with Crippen molar-refractivity contribution in [2.75, 3.05) is 10.6 Å². The maximum atomic E-state index is 12.3. The summed E-state index contributed by atoms with van der Waals surface area (Å²) in [5.74, 6) is -0.953. The molecule has 2 amide bonds. The molecule has 2 N–H and O–H groups in total. The lowest BCUT2D eigenvalue weighted by atomic mass is 10.2. The maximum Gasteiger partial charge on any atom is 0.299 e. The van der Waals surface area contributed by atoms with E-state index in [1.54, 1.807) is 18.2 Å². The summed E-state index contributed by atoms with van der Waals surface area (Å²) in [7, 11) is 0. The van der Waals surface area contributed by atoms with Gasteiger partial charge in [-0.15, -0.1) is 11.8 Å². The number of nitrogens with zero attached hydrogens (tertiary/aromatic N) is 2. The number of nitrogens with one attached hydrogen (secondary N) is 2. The number of rotatable bonds is 5. The van der Waals surface area contributed by atoms with Gasteiger partial charge in [0.15, 0.2) is 0 Å². The largest absolute Gasteiger partial charge is 0.324 e. The van der Waals surface area contributed by atoms with Crippen LogP contribution in [-0.2, 0) is 9.59 Å². The van der Waals surface area contributed by atoms with Gasteiger partial charge in [0.2, 0.25) is 11.8 Å². The molecule has 0 fully saturated rings. The van der Waals surface area contributed by atoms with Gasteiger partial charge < -0.3 is 10.6 Å². The van der Waals surface area contributed by atoms with Gasteiger partial charge in [0, 0.05) is 17.4 Å². The summed E-state index contributed by atoms with van der Waals surface area (Å²) in [6, 6.07) is 10.1. The van der Waals surface area contributed by atoms with Crippen molar-refractivity contribution in [2.45, 2.75) is 16.6 Å². The highest BCUT2D eigenvalue weighted by atomic mass is 32.2. The third-order valence-electron chi connectivity index (χ3n) is 3.74. The number of fused-ring (bicyclic) bond motifs is 1. The summed E-state index contributed by atoms with van der Waals surface area (Å²) in [6.45, 7) is 0. The summed E-state index contributed by atoms with van der Waals surface area (Å²) >= 11 is 1.22. The molecule has 11 heteroatoms. The van der Waals surface area contributed by atoms with Crippen molar-refractivity contribution in [3.05, 3.63) is 62.7 Å². The fraction of sp³-hybridized carbons (Fsp3) is 0.125. The van der Waals surface area contributed by atoms with Crippen molar-refractivity contribution >= 4 is 46.3 Å². The minimum Gasteiger partial charge on any atom is -0.324 e. The molecule has 1 aliphatic rings. The molecule has 3 rings (SSSR count). The third-order valence-corrected chi connectivity index (χ3v) is 5.02. The average molecular weight is 388 g/mol. The monoisotopic (exact) mass is 388 g/mol. The Labute approximate surface area is 156 Å². The Morgan fingerprint density at radius 1 is 1.15 bits per heavy atom. The second-order valence-electron chi connectivity index (χ2n) is 5.56. The van der Waals surface area contributed by atoms with Gasteiger partial charge in [0.25, 0.3) is 11.4 Å². The normalized spacial score (nSPS) is 15.4. The zero-order valence-electron chi connectivity index (χ0n) is 13.6. The molecule has 1 atom stereocenters. The molecule has 2 aromatic rings. The molecular formula is C16H12N4O6S. The first-order chi connectivity index (χ1) is 12.8. The second-order valence-corrected chi connectivity index (χ2v) is 6.80. The Morgan fingerprint density at radius 2 is 1.89 bits per heavy atom. The minimum absolute atomic E-state index is 0.169. The molecule has 1 heterocycles. The lowest BCUT2D eigenvalue weighted by Gasteiger charge is -2.23. The number of para-hydroxylation sites is 1. The number of benzene rings is 2. The van der Waals surface area contributed by atoms with E-state index >= 15 is 0 Å². The van der Waals surface area contributed by atoms with Crippen LogP contribution in [0.25, 0.3) is 0 Å². The van der Waals surface area contributed by atoms with Crippen molar-refractivity contribution in [1.82, 2.24) is 0 Å². The van der Waals surface area contributed by atoms with Gasteiger partial charge in [0.05, 0.1) is 26.9 Å². The molecule has 0 aromatic heterocycles. The number of nitro groups is 2. The molecular weight excluding hydrogens is 376 g/mol.